The van der Waals surface area contributed by atoms with Gasteiger partial charge in [0.05, 0.1) is 5.56 Å². The third kappa shape index (κ3) is 3.65. The highest BCUT2D eigenvalue weighted by atomic mass is 16.7. The van der Waals surface area contributed by atoms with Crippen molar-refractivity contribution in [2.45, 2.75) is 13.3 Å². The van der Waals surface area contributed by atoms with Crippen LogP contribution in [0.2, 0.25) is 0 Å². The molecule has 3 rings (SSSR count). The minimum Gasteiger partial charge on any atom is -0.454 e. The molecular formula is C18H17NO5. The van der Waals surface area contributed by atoms with Gasteiger partial charge in [-0.1, -0.05) is 19.1 Å². The Balaban J connectivity index is 1.54. The van der Waals surface area contributed by atoms with E-state index in [1.54, 1.807) is 18.2 Å². The van der Waals surface area contributed by atoms with Gasteiger partial charge in [0.2, 0.25) is 6.79 Å². The molecule has 2 aromatic rings. The molecule has 0 unspecified atom stereocenters. The van der Waals surface area contributed by atoms with Crippen LogP contribution in [0.1, 0.15) is 22.8 Å². The Kier molecular flexibility index (Phi) is 4.65. The van der Waals surface area contributed by atoms with Crippen LogP contribution in [0.3, 0.4) is 0 Å². The number of hydrogen-bond acceptors (Lipinski definition) is 5. The Morgan fingerprint density at radius 2 is 1.96 bits per heavy atom. The molecule has 0 aromatic heterocycles. The summed E-state index contributed by atoms with van der Waals surface area (Å²) >= 11 is 0. The molecule has 0 bridgehead atoms. The number of carbonyl (C=O) groups is 2. The quantitative estimate of drug-likeness (QED) is 0.855. The number of ether oxygens (including phenoxy) is 3. The van der Waals surface area contributed by atoms with Gasteiger partial charge in [0.15, 0.2) is 18.1 Å². The smallest absolute Gasteiger partial charge is 0.338 e. The molecule has 124 valence electrons. The van der Waals surface area contributed by atoms with E-state index < -0.39 is 11.9 Å². The third-order valence-corrected chi connectivity index (χ3v) is 3.56. The summed E-state index contributed by atoms with van der Waals surface area (Å²) in [6, 6.07) is 12.3. The normalized spacial score (nSPS) is 11.9. The molecule has 24 heavy (non-hydrogen) atoms. The molecular weight excluding hydrogens is 310 g/mol. The highest BCUT2D eigenvalue weighted by molar-refractivity contribution is 5.95. The maximum atomic E-state index is 12.0. The van der Waals surface area contributed by atoms with Gasteiger partial charge in [-0.15, -0.1) is 0 Å². The summed E-state index contributed by atoms with van der Waals surface area (Å²) in [4.78, 5) is 23.9. The summed E-state index contributed by atoms with van der Waals surface area (Å²) in [7, 11) is 0. The highest BCUT2D eigenvalue weighted by Crippen LogP contribution is 2.32. The van der Waals surface area contributed by atoms with Crippen LogP contribution in [0, 0.1) is 0 Å². The fourth-order valence-corrected chi connectivity index (χ4v) is 2.30. The van der Waals surface area contributed by atoms with Crippen LogP contribution in [0.25, 0.3) is 0 Å². The average molecular weight is 327 g/mol. The largest absolute Gasteiger partial charge is 0.454 e. The average Bonchev–Trinajstić information content (AvgIpc) is 3.07. The molecule has 1 heterocycles. The number of aryl methyl sites for hydroxylation is 1. The first-order valence-electron chi connectivity index (χ1n) is 7.61. The number of hydrogen-bond donors (Lipinski definition) is 1. The lowest BCUT2D eigenvalue weighted by Gasteiger charge is -2.08. The number of carbonyl (C=O) groups excluding carboxylic acids is 2. The van der Waals surface area contributed by atoms with Crippen molar-refractivity contribution in [2.24, 2.45) is 0 Å². The van der Waals surface area contributed by atoms with Crippen LogP contribution in [0.5, 0.6) is 11.5 Å². The van der Waals surface area contributed by atoms with Crippen LogP contribution in [-0.2, 0) is 16.0 Å². The second-order valence-corrected chi connectivity index (χ2v) is 5.25. The first-order chi connectivity index (χ1) is 11.7. The van der Waals surface area contributed by atoms with E-state index in [9.17, 15) is 9.59 Å². The lowest BCUT2D eigenvalue weighted by Crippen LogP contribution is -2.21. The number of esters is 1. The summed E-state index contributed by atoms with van der Waals surface area (Å²) < 4.78 is 15.4. The molecule has 0 atom stereocenters. The van der Waals surface area contributed by atoms with E-state index in [1.807, 2.05) is 25.1 Å². The fourth-order valence-electron chi connectivity index (χ4n) is 2.30. The highest BCUT2D eigenvalue weighted by Gasteiger charge is 2.17. The summed E-state index contributed by atoms with van der Waals surface area (Å²) in [5.41, 5.74) is 2.10. The zero-order valence-electron chi connectivity index (χ0n) is 13.2. The maximum Gasteiger partial charge on any atom is 0.338 e. The van der Waals surface area contributed by atoms with Gasteiger partial charge < -0.3 is 19.5 Å². The van der Waals surface area contributed by atoms with Gasteiger partial charge in [-0.05, 0) is 42.3 Å². The summed E-state index contributed by atoms with van der Waals surface area (Å²) in [6.45, 7) is 1.81. The van der Waals surface area contributed by atoms with E-state index in [4.69, 9.17) is 14.2 Å². The van der Waals surface area contributed by atoms with E-state index in [1.165, 1.54) is 6.07 Å². The molecule has 0 saturated heterocycles. The summed E-state index contributed by atoms with van der Waals surface area (Å²) in [5.74, 6) is 0.0912. The van der Waals surface area contributed by atoms with Crippen molar-refractivity contribution in [3.05, 3.63) is 53.6 Å². The Bertz CT molecular complexity index is 772. The Morgan fingerprint density at radius 1 is 1.12 bits per heavy atom. The standard InChI is InChI=1S/C18H17NO5/c1-2-12-4-3-5-14(8-12)19-17(20)10-22-18(21)13-6-7-15-16(9-13)24-11-23-15/h3-9H,2,10-11H2,1H3,(H,19,20). The van der Waals surface area contributed by atoms with Gasteiger partial charge in [0.1, 0.15) is 0 Å². The number of amides is 1. The second kappa shape index (κ2) is 7.04. The van der Waals surface area contributed by atoms with E-state index >= 15 is 0 Å². The number of rotatable bonds is 5. The predicted molar refractivity (Wildman–Crippen MR) is 87.3 cm³/mol. The van der Waals surface area contributed by atoms with Crippen molar-refractivity contribution < 1.29 is 23.8 Å². The molecule has 0 fully saturated rings. The first-order valence-corrected chi connectivity index (χ1v) is 7.61. The minimum atomic E-state index is -0.592. The molecule has 0 radical (unpaired) electrons. The van der Waals surface area contributed by atoms with Crippen LogP contribution >= 0.6 is 0 Å². The lowest BCUT2D eigenvalue weighted by atomic mass is 10.1. The molecule has 0 aliphatic carbocycles. The molecule has 6 nitrogen and oxygen atoms in total. The van der Waals surface area contributed by atoms with E-state index in [0.717, 1.165) is 12.0 Å². The first kappa shape index (κ1) is 15.9. The topological polar surface area (TPSA) is 73.9 Å². The molecule has 0 spiro atoms. The van der Waals surface area contributed by atoms with Crippen molar-refractivity contribution in [3.8, 4) is 11.5 Å². The van der Waals surface area contributed by atoms with Gasteiger partial charge >= 0.3 is 5.97 Å². The van der Waals surface area contributed by atoms with Crippen LogP contribution in [-0.4, -0.2) is 25.3 Å². The lowest BCUT2D eigenvalue weighted by molar-refractivity contribution is -0.119. The molecule has 2 aromatic carbocycles. The number of fused-ring (bicyclic) bond motifs is 1. The van der Waals surface area contributed by atoms with Crippen LogP contribution in [0.4, 0.5) is 5.69 Å². The summed E-state index contributed by atoms with van der Waals surface area (Å²) in [6.07, 6.45) is 0.878. The van der Waals surface area contributed by atoms with Gasteiger partial charge in [-0.25, -0.2) is 4.79 Å². The minimum absolute atomic E-state index is 0.132. The molecule has 1 aliphatic rings. The van der Waals surface area contributed by atoms with Crippen LogP contribution < -0.4 is 14.8 Å². The van der Waals surface area contributed by atoms with E-state index in [-0.39, 0.29) is 13.4 Å². The van der Waals surface area contributed by atoms with Crippen molar-refractivity contribution in [2.75, 3.05) is 18.7 Å². The number of anilines is 1. The van der Waals surface area contributed by atoms with Crippen molar-refractivity contribution in [1.82, 2.24) is 0 Å². The Hall–Kier alpha value is -3.02. The van der Waals surface area contributed by atoms with Gasteiger partial charge in [-0.3, -0.25) is 4.79 Å². The molecule has 6 heteroatoms. The molecule has 1 amide bonds. The number of nitrogens with one attached hydrogen (secondary N) is 1. The van der Waals surface area contributed by atoms with Crippen molar-refractivity contribution in [1.29, 1.82) is 0 Å². The second-order valence-electron chi connectivity index (χ2n) is 5.25. The maximum absolute atomic E-state index is 12.0. The SMILES string of the molecule is CCc1cccc(NC(=O)COC(=O)c2ccc3c(c2)OCO3)c1. The van der Waals surface area contributed by atoms with Crippen LogP contribution in [0.15, 0.2) is 42.5 Å². The van der Waals surface area contributed by atoms with E-state index in [2.05, 4.69) is 5.32 Å². The zero-order valence-corrected chi connectivity index (χ0v) is 13.2. The van der Waals surface area contributed by atoms with E-state index in [0.29, 0.717) is 22.7 Å². The predicted octanol–water partition coefficient (Wildman–Crippen LogP) is 2.77. The van der Waals surface area contributed by atoms with Gasteiger partial charge in [0, 0.05) is 5.69 Å². The van der Waals surface area contributed by atoms with Gasteiger partial charge in [-0.2, -0.15) is 0 Å². The Morgan fingerprint density at radius 3 is 2.79 bits per heavy atom. The third-order valence-electron chi connectivity index (χ3n) is 3.56. The van der Waals surface area contributed by atoms with Crippen molar-refractivity contribution >= 4 is 17.6 Å². The molecule has 0 saturated carbocycles. The molecule has 1 aliphatic heterocycles. The van der Waals surface area contributed by atoms with Crippen molar-refractivity contribution in [3.63, 3.8) is 0 Å². The number of benzene rings is 2. The molecule has 1 N–H and O–H groups in total. The van der Waals surface area contributed by atoms with Gasteiger partial charge in [0.25, 0.3) is 5.91 Å². The zero-order chi connectivity index (χ0) is 16.9. The Labute approximate surface area is 139 Å². The summed E-state index contributed by atoms with van der Waals surface area (Å²) in [5, 5.41) is 2.70. The monoisotopic (exact) mass is 327 g/mol. The fraction of sp³-hybridized carbons (Fsp3) is 0.222.